The van der Waals surface area contributed by atoms with Crippen molar-refractivity contribution in [2.24, 2.45) is 0 Å². The van der Waals surface area contributed by atoms with E-state index in [-0.39, 0.29) is 31.1 Å². The normalized spacial score (nSPS) is 12.3. The zero-order valence-corrected chi connectivity index (χ0v) is 51.0. The molecule has 0 saturated carbocycles. The van der Waals surface area contributed by atoms with Gasteiger partial charge in [0.25, 0.3) is 0 Å². The molecule has 444 valence electrons. The van der Waals surface area contributed by atoms with E-state index in [0.29, 0.717) is 19.3 Å². The lowest BCUT2D eigenvalue weighted by Gasteiger charge is -2.18. The number of hydrogen-bond donors (Lipinski definition) is 0. The fourth-order valence-electron chi connectivity index (χ4n) is 9.98. The van der Waals surface area contributed by atoms with Gasteiger partial charge in [0.15, 0.2) is 6.10 Å². The maximum absolute atomic E-state index is 12.9. The first-order chi connectivity index (χ1) is 37.5. The van der Waals surface area contributed by atoms with Crippen LogP contribution >= 0.6 is 0 Å². The van der Waals surface area contributed by atoms with Crippen molar-refractivity contribution in [1.29, 1.82) is 0 Å². The van der Waals surface area contributed by atoms with Crippen LogP contribution in [0.25, 0.3) is 0 Å². The lowest BCUT2D eigenvalue weighted by Crippen LogP contribution is -2.30. The highest BCUT2D eigenvalue weighted by Gasteiger charge is 2.19. The minimum Gasteiger partial charge on any atom is -0.462 e. The molecule has 0 fully saturated rings. The van der Waals surface area contributed by atoms with E-state index < -0.39 is 6.10 Å². The Kier molecular flexibility index (Phi) is 62.6. The smallest absolute Gasteiger partial charge is 0.306 e. The topological polar surface area (TPSA) is 78.9 Å². The predicted octanol–water partition coefficient (Wildman–Crippen LogP) is 22.9. The third kappa shape index (κ3) is 62.2. The second-order valence-corrected chi connectivity index (χ2v) is 22.7. The Hall–Kier alpha value is -2.63. The highest BCUT2D eigenvalue weighted by atomic mass is 16.6. The summed E-state index contributed by atoms with van der Waals surface area (Å²) in [7, 11) is 0. The Morgan fingerprint density at radius 2 is 0.474 bits per heavy atom. The largest absolute Gasteiger partial charge is 0.462 e. The van der Waals surface area contributed by atoms with Crippen LogP contribution in [0.1, 0.15) is 361 Å². The van der Waals surface area contributed by atoms with Crippen LogP contribution < -0.4 is 0 Å². The Balaban J connectivity index is 4.22. The summed E-state index contributed by atoms with van der Waals surface area (Å²) in [4.78, 5) is 38.3. The molecule has 0 saturated heterocycles. The van der Waals surface area contributed by atoms with Crippen molar-refractivity contribution >= 4 is 17.9 Å². The number of carbonyl (C=O) groups excluding carboxylic acids is 3. The summed E-state index contributed by atoms with van der Waals surface area (Å²) in [6, 6.07) is 0. The van der Waals surface area contributed by atoms with Gasteiger partial charge in [0.05, 0.1) is 0 Å². The summed E-state index contributed by atoms with van der Waals surface area (Å²) in [6.45, 7) is 6.65. The standard InChI is InChI=1S/C70H128O6/c1-4-7-10-13-16-19-22-25-27-29-31-32-33-34-35-36-37-38-40-41-43-45-48-51-54-57-60-63-69(72)75-66-67(65-74-68(71)62-59-56-53-50-47-24-21-18-15-12-9-6-3)76-70(73)64-61-58-55-52-49-46-44-42-39-30-28-26-23-20-17-14-11-8-5-2/h17,20,22,25-26,28-29,31,67H,4-16,18-19,21,23-24,27,30,32-66H2,1-3H3/b20-17-,25-22-,28-26-,31-29-. The quantitative estimate of drug-likeness (QED) is 0.0261. The first-order valence-electron chi connectivity index (χ1n) is 33.6. The Morgan fingerprint density at radius 1 is 0.263 bits per heavy atom. The number of hydrogen-bond acceptors (Lipinski definition) is 6. The van der Waals surface area contributed by atoms with E-state index in [4.69, 9.17) is 14.2 Å². The highest BCUT2D eigenvalue weighted by Crippen LogP contribution is 2.17. The van der Waals surface area contributed by atoms with Crippen molar-refractivity contribution in [1.82, 2.24) is 0 Å². The zero-order chi connectivity index (χ0) is 55.0. The SMILES string of the molecule is CCCCC/C=C\C/C=C\CCCCCCCCCCCC(=O)OC(COC(=O)CCCCCCCCCCCCCC)COC(=O)CCCCCCCCCCCCCCCCC/C=C\C/C=C\CCCCCCC. The average molecular weight is 1070 g/mol. The van der Waals surface area contributed by atoms with E-state index in [2.05, 4.69) is 69.4 Å². The first kappa shape index (κ1) is 73.4. The van der Waals surface area contributed by atoms with Crippen LogP contribution in [-0.2, 0) is 28.6 Å². The molecule has 0 radical (unpaired) electrons. The van der Waals surface area contributed by atoms with Gasteiger partial charge >= 0.3 is 17.9 Å². The van der Waals surface area contributed by atoms with Gasteiger partial charge in [-0.25, -0.2) is 0 Å². The van der Waals surface area contributed by atoms with Crippen molar-refractivity contribution in [2.45, 2.75) is 367 Å². The molecule has 0 aromatic rings. The summed E-state index contributed by atoms with van der Waals surface area (Å²) in [5.74, 6) is -0.852. The molecule has 0 aliphatic heterocycles. The summed E-state index contributed by atoms with van der Waals surface area (Å²) < 4.78 is 17.0. The average Bonchev–Trinajstić information content (AvgIpc) is 3.42. The number of rotatable bonds is 62. The second-order valence-electron chi connectivity index (χ2n) is 22.7. The molecule has 0 aliphatic carbocycles. The molecular formula is C70H128O6. The van der Waals surface area contributed by atoms with Gasteiger partial charge in [-0.05, 0) is 83.5 Å². The molecule has 0 rings (SSSR count). The van der Waals surface area contributed by atoms with Crippen LogP contribution in [0.5, 0.6) is 0 Å². The third-order valence-corrected chi connectivity index (χ3v) is 15.1. The van der Waals surface area contributed by atoms with E-state index in [9.17, 15) is 14.4 Å². The summed E-state index contributed by atoms with van der Waals surface area (Å²) in [5, 5.41) is 0. The van der Waals surface area contributed by atoms with E-state index in [1.807, 2.05) is 0 Å². The first-order valence-corrected chi connectivity index (χ1v) is 33.6. The van der Waals surface area contributed by atoms with Gasteiger partial charge in [0.1, 0.15) is 13.2 Å². The summed E-state index contributed by atoms with van der Waals surface area (Å²) in [5.41, 5.74) is 0. The number of esters is 3. The number of ether oxygens (including phenoxy) is 3. The van der Waals surface area contributed by atoms with Crippen LogP contribution in [-0.4, -0.2) is 37.2 Å². The van der Waals surface area contributed by atoms with Crippen molar-refractivity contribution in [2.75, 3.05) is 13.2 Å². The molecule has 0 aromatic heterocycles. The third-order valence-electron chi connectivity index (χ3n) is 15.1. The Labute approximate surface area is 473 Å². The Bertz CT molecular complexity index is 1310. The van der Waals surface area contributed by atoms with Crippen LogP contribution in [0.3, 0.4) is 0 Å². The zero-order valence-electron chi connectivity index (χ0n) is 51.0. The molecule has 1 atom stereocenters. The van der Waals surface area contributed by atoms with Crippen molar-refractivity contribution in [3.05, 3.63) is 48.6 Å². The Morgan fingerprint density at radius 3 is 0.750 bits per heavy atom. The van der Waals surface area contributed by atoms with Crippen molar-refractivity contribution < 1.29 is 28.6 Å². The lowest BCUT2D eigenvalue weighted by atomic mass is 10.0. The minimum atomic E-state index is -0.773. The van der Waals surface area contributed by atoms with E-state index in [1.54, 1.807) is 0 Å². The fourth-order valence-corrected chi connectivity index (χ4v) is 9.98. The maximum atomic E-state index is 12.9. The summed E-state index contributed by atoms with van der Waals surface area (Å²) in [6.07, 6.45) is 81.3. The molecule has 0 aliphatic rings. The molecule has 1 unspecified atom stereocenters. The van der Waals surface area contributed by atoms with E-state index in [0.717, 1.165) is 70.6 Å². The molecular weight excluding hydrogens is 937 g/mol. The molecule has 6 nitrogen and oxygen atoms in total. The van der Waals surface area contributed by atoms with Gasteiger partial charge in [-0.1, -0.05) is 307 Å². The van der Waals surface area contributed by atoms with Crippen LogP contribution in [0, 0.1) is 0 Å². The molecule has 0 spiro atoms. The van der Waals surface area contributed by atoms with E-state index >= 15 is 0 Å². The highest BCUT2D eigenvalue weighted by molar-refractivity contribution is 5.71. The van der Waals surface area contributed by atoms with E-state index in [1.165, 1.54) is 250 Å². The second kappa shape index (κ2) is 64.9. The molecule has 0 aromatic carbocycles. The molecule has 76 heavy (non-hydrogen) atoms. The number of carbonyl (C=O) groups is 3. The monoisotopic (exact) mass is 1060 g/mol. The molecule has 0 amide bonds. The summed E-state index contributed by atoms with van der Waals surface area (Å²) >= 11 is 0. The van der Waals surface area contributed by atoms with Gasteiger partial charge in [0.2, 0.25) is 0 Å². The van der Waals surface area contributed by atoms with Crippen LogP contribution in [0.2, 0.25) is 0 Å². The molecule has 0 heterocycles. The van der Waals surface area contributed by atoms with Crippen molar-refractivity contribution in [3.63, 3.8) is 0 Å². The van der Waals surface area contributed by atoms with Crippen molar-refractivity contribution in [3.8, 4) is 0 Å². The number of allylic oxidation sites excluding steroid dienone is 8. The van der Waals surface area contributed by atoms with Gasteiger partial charge < -0.3 is 14.2 Å². The molecule has 0 N–H and O–H groups in total. The molecule has 0 bridgehead atoms. The number of unbranched alkanes of at least 4 members (excludes halogenated alkanes) is 43. The molecule has 6 heteroatoms. The van der Waals surface area contributed by atoms with Gasteiger partial charge in [-0.3, -0.25) is 14.4 Å². The van der Waals surface area contributed by atoms with Gasteiger partial charge in [-0.2, -0.15) is 0 Å². The van der Waals surface area contributed by atoms with Crippen LogP contribution in [0.4, 0.5) is 0 Å². The maximum Gasteiger partial charge on any atom is 0.306 e. The van der Waals surface area contributed by atoms with Gasteiger partial charge in [-0.15, -0.1) is 0 Å². The predicted molar refractivity (Wildman–Crippen MR) is 330 cm³/mol. The van der Waals surface area contributed by atoms with Gasteiger partial charge in [0, 0.05) is 19.3 Å². The fraction of sp³-hybridized carbons (Fsp3) is 0.843. The lowest BCUT2D eigenvalue weighted by molar-refractivity contribution is -0.167. The minimum absolute atomic E-state index is 0.0702. The van der Waals surface area contributed by atoms with Crippen LogP contribution in [0.15, 0.2) is 48.6 Å².